The SMILES string of the molecule is Cn1cnc(/C=C/C(=O)OCC[N+](C)(C)C)c1.[Cl-]. The lowest BCUT2D eigenvalue weighted by Gasteiger charge is -2.23. The molecule has 102 valence electrons. The molecule has 0 fully saturated rings. The fraction of sp³-hybridized carbons (Fsp3) is 0.500. The largest absolute Gasteiger partial charge is 1.00 e. The Balaban J connectivity index is 0.00000289. The van der Waals surface area contributed by atoms with Crippen molar-refractivity contribution in [1.29, 1.82) is 0 Å². The van der Waals surface area contributed by atoms with E-state index in [2.05, 4.69) is 26.1 Å². The molecule has 1 aromatic rings. The van der Waals surface area contributed by atoms with Crippen LogP contribution in [0.4, 0.5) is 0 Å². The molecule has 0 aliphatic rings. The number of hydrogen-bond acceptors (Lipinski definition) is 3. The van der Waals surface area contributed by atoms with E-state index in [0.717, 1.165) is 16.7 Å². The molecule has 0 aliphatic heterocycles. The highest BCUT2D eigenvalue weighted by Gasteiger charge is 2.07. The van der Waals surface area contributed by atoms with Crippen LogP contribution in [0.5, 0.6) is 0 Å². The molecule has 0 bridgehead atoms. The summed E-state index contributed by atoms with van der Waals surface area (Å²) in [5.41, 5.74) is 0.746. The summed E-state index contributed by atoms with van der Waals surface area (Å²) in [6.45, 7) is 1.22. The molecule has 0 saturated heterocycles. The van der Waals surface area contributed by atoms with Crippen LogP contribution in [0.25, 0.3) is 6.08 Å². The number of rotatable bonds is 5. The number of quaternary nitrogens is 1. The first-order chi connectivity index (χ1) is 7.87. The Morgan fingerprint density at radius 3 is 2.67 bits per heavy atom. The van der Waals surface area contributed by atoms with Crippen LogP contribution in [-0.4, -0.2) is 54.3 Å². The maximum Gasteiger partial charge on any atom is 0.331 e. The predicted molar refractivity (Wildman–Crippen MR) is 66.1 cm³/mol. The van der Waals surface area contributed by atoms with Gasteiger partial charge in [-0.15, -0.1) is 0 Å². The van der Waals surface area contributed by atoms with Gasteiger partial charge in [-0.3, -0.25) is 0 Å². The fourth-order valence-electron chi connectivity index (χ4n) is 1.14. The van der Waals surface area contributed by atoms with Crippen LogP contribution in [0.2, 0.25) is 0 Å². The van der Waals surface area contributed by atoms with Crippen molar-refractivity contribution in [3.8, 4) is 0 Å². The maximum atomic E-state index is 11.4. The third-order valence-corrected chi connectivity index (χ3v) is 2.12. The number of imidazole rings is 1. The second kappa shape index (κ2) is 7.18. The lowest BCUT2D eigenvalue weighted by molar-refractivity contribution is -0.870. The van der Waals surface area contributed by atoms with E-state index in [4.69, 9.17) is 4.74 Å². The summed E-state index contributed by atoms with van der Waals surface area (Å²) in [5.74, 6) is -0.330. The van der Waals surface area contributed by atoms with Gasteiger partial charge in [0.15, 0.2) is 0 Å². The first-order valence-electron chi connectivity index (χ1n) is 5.50. The number of esters is 1. The minimum absolute atomic E-state index is 0. The molecule has 0 N–H and O–H groups in total. The smallest absolute Gasteiger partial charge is 0.331 e. The van der Waals surface area contributed by atoms with Crippen LogP contribution in [0.15, 0.2) is 18.6 Å². The molecular formula is C12H20ClN3O2. The van der Waals surface area contributed by atoms with E-state index in [9.17, 15) is 4.79 Å². The Morgan fingerprint density at radius 1 is 1.50 bits per heavy atom. The molecule has 0 aromatic carbocycles. The highest BCUT2D eigenvalue weighted by Crippen LogP contribution is 1.98. The summed E-state index contributed by atoms with van der Waals surface area (Å²) in [6.07, 6.45) is 6.56. The highest BCUT2D eigenvalue weighted by atomic mass is 35.5. The third-order valence-electron chi connectivity index (χ3n) is 2.12. The number of carbonyl (C=O) groups excluding carboxylic acids is 1. The standard InChI is InChI=1S/C12H20N3O2.ClH/c1-14-9-11(13-10-14)5-6-12(16)17-8-7-15(2,3)4;/h5-6,9-10H,7-8H2,1-4H3;1H/q+1;/p-1/b6-5+;. The van der Waals surface area contributed by atoms with Crippen LogP contribution < -0.4 is 12.4 Å². The number of likely N-dealkylation sites (N-methyl/N-ethyl adjacent to an activating group) is 1. The van der Waals surface area contributed by atoms with Crippen molar-refractivity contribution in [3.05, 3.63) is 24.3 Å². The van der Waals surface area contributed by atoms with E-state index >= 15 is 0 Å². The average molecular weight is 274 g/mol. The van der Waals surface area contributed by atoms with Crippen molar-refractivity contribution in [1.82, 2.24) is 9.55 Å². The Kier molecular flexibility index (Phi) is 6.65. The van der Waals surface area contributed by atoms with E-state index in [0.29, 0.717) is 6.61 Å². The Labute approximate surface area is 114 Å². The third kappa shape index (κ3) is 7.09. The van der Waals surface area contributed by atoms with Gasteiger partial charge in [-0.05, 0) is 6.08 Å². The molecule has 0 radical (unpaired) electrons. The van der Waals surface area contributed by atoms with Gasteiger partial charge in [-0.2, -0.15) is 0 Å². The predicted octanol–water partition coefficient (Wildman–Crippen LogP) is -2.31. The summed E-state index contributed by atoms with van der Waals surface area (Å²) in [4.78, 5) is 15.4. The van der Waals surface area contributed by atoms with Crippen LogP contribution in [-0.2, 0) is 16.6 Å². The molecule has 0 amide bonds. The summed E-state index contributed by atoms with van der Waals surface area (Å²) in [6, 6.07) is 0. The molecule has 0 saturated carbocycles. The van der Waals surface area contributed by atoms with Crippen LogP contribution in [0.1, 0.15) is 5.69 Å². The molecular weight excluding hydrogens is 254 g/mol. The van der Waals surface area contributed by atoms with Crippen LogP contribution >= 0.6 is 0 Å². The van der Waals surface area contributed by atoms with Gasteiger partial charge in [0.1, 0.15) is 13.2 Å². The first-order valence-corrected chi connectivity index (χ1v) is 5.50. The molecule has 5 nitrogen and oxygen atoms in total. The lowest BCUT2D eigenvalue weighted by Crippen LogP contribution is -3.00. The van der Waals surface area contributed by atoms with Gasteiger partial charge >= 0.3 is 5.97 Å². The number of aromatic nitrogens is 2. The molecule has 0 atom stereocenters. The minimum Gasteiger partial charge on any atom is -1.00 e. The number of carbonyl (C=O) groups is 1. The van der Waals surface area contributed by atoms with Crippen molar-refractivity contribution < 1.29 is 26.4 Å². The monoisotopic (exact) mass is 273 g/mol. The zero-order chi connectivity index (χ0) is 12.9. The fourth-order valence-corrected chi connectivity index (χ4v) is 1.14. The average Bonchev–Trinajstić information content (AvgIpc) is 2.59. The molecule has 6 heteroatoms. The second-order valence-corrected chi connectivity index (χ2v) is 4.98. The Morgan fingerprint density at radius 2 is 2.17 bits per heavy atom. The number of aryl methyl sites for hydroxylation is 1. The summed E-state index contributed by atoms with van der Waals surface area (Å²) >= 11 is 0. The van der Waals surface area contributed by atoms with E-state index in [1.54, 1.807) is 12.4 Å². The molecule has 1 heterocycles. The summed E-state index contributed by atoms with van der Waals surface area (Å²) < 4.78 is 7.67. The van der Waals surface area contributed by atoms with Crippen molar-refractivity contribution in [3.63, 3.8) is 0 Å². The zero-order valence-corrected chi connectivity index (χ0v) is 12.0. The van der Waals surface area contributed by atoms with Gasteiger partial charge in [0, 0.05) is 19.3 Å². The van der Waals surface area contributed by atoms with E-state index < -0.39 is 0 Å². The lowest BCUT2D eigenvalue weighted by atomic mass is 10.4. The Bertz CT molecular complexity index is 408. The molecule has 0 unspecified atom stereocenters. The topological polar surface area (TPSA) is 44.1 Å². The summed E-state index contributed by atoms with van der Waals surface area (Å²) in [7, 11) is 8.04. The normalized spacial score (nSPS) is 11.3. The quantitative estimate of drug-likeness (QED) is 0.344. The number of halogens is 1. The van der Waals surface area contributed by atoms with Crippen molar-refractivity contribution >= 4 is 12.0 Å². The van der Waals surface area contributed by atoms with Crippen molar-refractivity contribution in [2.45, 2.75) is 0 Å². The molecule has 1 aromatic heterocycles. The second-order valence-electron chi connectivity index (χ2n) is 4.98. The van der Waals surface area contributed by atoms with Gasteiger partial charge < -0.3 is 26.2 Å². The summed E-state index contributed by atoms with van der Waals surface area (Å²) in [5, 5.41) is 0. The Hall–Kier alpha value is -1.33. The van der Waals surface area contributed by atoms with Crippen molar-refractivity contribution in [2.24, 2.45) is 7.05 Å². The number of hydrogen-bond donors (Lipinski definition) is 0. The molecule has 0 aliphatic carbocycles. The molecule has 0 spiro atoms. The van der Waals surface area contributed by atoms with Crippen molar-refractivity contribution in [2.75, 3.05) is 34.3 Å². The van der Waals surface area contributed by atoms with Gasteiger partial charge in [0.25, 0.3) is 0 Å². The molecule has 18 heavy (non-hydrogen) atoms. The van der Waals surface area contributed by atoms with E-state index in [1.807, 2.05) is 17.8 Å². The number of ether oxygens (including phenoxy) is 1. The first kappa shape index (κ1) is 16.7. The van der Waals surface area contributed by atoms with Crippen LogP contribution in [0, 0.1) is 0 Å². The van der Waals surface area contributed by atoms with Gasteiger partial charge in [-0.25, -0.2) is 9.78 Å². The zero-order valence-electron chi connectivity index (χ0n) is 11.3. The number of nitrogens with zero attached hydrogens (tertiary/aromatic N) is 3. The van der Waals surface area contributed by atoms with E-state index in [1.165, 1.54) is 6.08 Å². The van der Waals surface area contributed by atoms with Gasteiger partial charge in [0.05, 0.1) is 33.2 Å². The van der Waals surface area contributed by atoms with E-state index in [-0.39, 0.29) is 18.4 Å². The molecule has 1 rings (SSSR count). The maximum absolute atomic E-state index is 11.4. The highest BCUT2D eigenvalue weighted by molar-refractivity contribution is 5.86. The van der Waals surface area contributed by atoms with Gasteiger partial charge in [0.2, 0.25) is 0 Å². The minimum atomic E-state index is -0.330. The van der Waals surface area contributed by atoms with Crippen LogP contribution in [0.3, 0.4) is 0 Å². The van der Waals surface area contributed by atoms with Gasteiger partial charge in [-0.1, -0.05) is 0 Å².